The summed E-state index contributed by atoms with van der Waals surface area (Å²) in [7, 11) is 0. The molecule has 0 radical (unpaired) electrons. The number of benzene rings is 1. The zero-order chi connectivity index (χ0) is 24.1. The molecule has 0 amide bonds. The minimum Gasteiger partial charge on any atom is -0.487 e. The highest BCUT2D eigenvalue weighted by atomic mass is 19.3. The van der Waals surface area contributed by atoms with Gasteiger partial charge in [-0.2, -0.15) is 5.26 Å². The zero-order valence-electron chi connectivity index (χ0n) is 20.0. The van der Waals surface area contributed by atoms with Crippen LogP contribution in [-0.2, 0) is 12.8 Å². The van der Waals surface area contributed by atoms with Crippen LogP contribution in [0.3, 0.4) is 0 Å². The molecule has 1 aromatic heterocycles. The van der Waals surface area contributed by atoms with Crippen LogP contribution >= 0.6 is 0 Å². The summed E-state index contributed by atoms with van der Waals surface area (Å²) in [6.45, 7) is 7.67. The monoisotopic (exact) mass is 456 g/mol. The van der Waals surface area contributed by atoms with Crippen molar-refractivity contribution in [1.82, 2.24) is 9.97 Å². The Morgan fingerprint density at radius 2 is 2.03 bits per heavy atom. The lowest BCUT2D eigenvalue weighted by Crippen LogP contribution is -2.31. The van der Waals surface area contributed by atoms with Gasteiger partial charge in [-0.3, -0.25) is 0 Å². The van der Waals surface area contributed by atoms with E-state index in [9.17, 15) is 14.0 Å². The first kappa shape index (κ1) is 24.9. The normalized spacial score (nSPS) is 20.2. The summed E-state index contributed by atoms with van der Waals surface area (Å²) in [6, 6.07) is 9.41. The van der Waals surface area contributed by atoms with Crippen molar-refractivity contribution in [2.24, 2.45) is 17.3 Å². The molecule has 1 heterocycles. The first-order valence-electron chi connectivity index (χ1n) is 11.7. The quantitative estimate of drug-likeness (QED) is 0.498. The predicted octanol–water partition coefficient (Wildman–Crippen LogP) is 6.04. The summed E-state index contributed by atoms with van der Waals surface area (Å²) in [5, 5.41) is 12.7. The van der Waals surface area contributed by atoms with Gasteiger partial charge in [0.2, 0.25) is 5.95 Å². The highest BCUT2D eigenvalue weighted by Crippen LogP contribution is 2.44. The van der Waals surface area contributed by atoms with Crippen molar-refractivity contribution in [2.75, 3.05) is 18.5 Å². The van der Waals surface area contributed by atoms with Gasteiger partial charge in [0.15, 0.2) is 6.61 Å². The maximum absolute atomic E-state index is 13.2. The molecule has 2 atom stereocenters. The van der Waals surface area contributed by atoms with Crippen LogP contribution in [0.15, 0.2) is 30.5 Å². The van der Waals surface area contributed by atoms with Crippen molar-refractivity contribution in [3.63, 3.8) is 0 Å². The molecule has 1 saturated carbocycles. The van der Waals surface area contributed by atoms with Crippen LogP contribution in [0.1, 0.15) is 63.8 Å². The highest BCUT2D eigenvalue weighted by molar-refractivity contribution is 5.38. The maximum atomic E-state index is 13.2. The average molecular weight is 457 g/mol. The van der Waals surface area contributed by atoms with Crippen molar-refractivity contribution in [1.29, 1.82) is 5.26 Å². The lowest BCUT2D eigenvalue weighted by atomic mass is 9.65. The maximum Gasteiger partial charge on any atom is 0.278 e. The topological polar surface area (TPSA) is 70.8 Å². The number of hydrogen-bond acceptors (Lipinski definition) is 5. The summed E-state index contributed by atoms with van der Waals surface area (Å²) in [5.74, 6) is -0.750. The number of nitrogens with zero attached hydrogens (tertiary/aromatic N) is 3. The van der Waals surface area contributed by atoms with E-state index in [2.05, 4.69) is 42.1 Å². The third-order valence-electron chi connectivity index (χ3n) is 6.76. The smallest absolute Gasteiger partial charge is 0.278 e. The SMILES string of the molecule is C[C@H]1CC[C@@H](Cc2nc(NCCc3ccccc3OCC(C)(F)F)ncc2C#N)CC1(C)C. The fourth-order valence-corrected chi connectivity index (χ4v) is 4.49. The summed E-state index contributed by atoms with van der Waals surface area (Å²) in [6.07, 6.45) is 6.40. The Morgan fingerprint density at radius 3 is 2.73 bits per heavy atom. The van der Waals surface area contributed by atoms with Gasteiger partial charge in [0, 0.05) is 13.5 Å². The highest BCUT2D eigenvalue weighted by Gasteiger charge is 2.34. The van der Waals surface area contributed by atoms with E-state index in [1.807, 2.05) is 12.1 Å². The molecule has 2 aromatic rings. The Balaban J connectivity index is 1.62. The number of nitrogens with one attached hydrogen (secondary N) is 1. The van der Waals surface area contributed by atoms with Gasteiger partial charge in [0.25, 0.3) is 5.92 Å². The lowest BCUT2D eigenvalue weighted by Gasteiger charge is -2.40. The largest absolute Gasteiger partial charge is 0.487 e. The van der Waals surface area contributed by atoms with Crippen molar-refractivity contribution in [3.8, 4) is 11.8 Å². The summed E-state index contributed by atoms with van der Waals surface area (Å²) in [4.78, 5) is 8.94. The molecule has 1 aromatic carbocycles. The minimum absolute atomic E-state index is 0.293. The van der Waals surface area contributed by atoms with E-state index in [-0.39, 0.29) is 0 Å². The third-order valence-corrected chi connectivity index (χ3v) is 6.76. The Hall–Kier alpha value is -2.75. The van der Waals surface area contributed by atoms with Crippen molar-refractivity contribution in [2.45, 2.75) is 65.7 Å². The van der Waals surface area contributed by atoms with Crippen molar-refractivity contribution in [3.05, 3.63) is 47.3 Å². The van der Waals surface area contributed by atoms with E-state index in [1.54, 1.807) is 18.3 Å². The second kappa shape index (κ2) is 10.5. The summed E-state index contributed by atoms with van der Waals surface area (Å²) < 4.78 is 31.6. The second-order valence-electron chi connectivity index (χ2n) is 10.1. The Bertz CT molecular complexity index is 981. The average Bonchev–Trinajstić information content (AvgIpc) is 2.75. The van der Waals surface area contributed by atoms with Gasteiger partial charge in [-0.25, -0.2) is 18.7 Å². The van der Waals surface area contributed by atoms with Crippen molar-refractivity contribution < 1.29 is 13.5 Å². The Labute approximate surface area is 195 Å². The van der Waals surface area contributed by atoms with Gasteiger partial charge in [-0.15, -0.1) is 0 Å². The molecule has 178 valence electrons. The van der Waals surface area contributed by atoms with Crippen LogP contribution in [0.4, 0.5) is 14.7 Å². The van der Waals surface area contributed by atoms with Crippen LogP contribution in [0.5, 0.6) is 5.75 Å². The van der Waals surface area contributed by atoms with E-state index in [1.165, 1.54) is 6.42 Å². The fraction of sp³-hybridized carbons (Fsp3) is 0.577. The van der Waals surface area contributed by atoms with Gasteiger partial charge in [-0.05, 0) is 61.0 Å². The Kier molecular flexibility index (Phi) is 7.88. The van der Waals surface area contributed by atoms with E-state index in [0.29, 0.717) is 47.5 Å². The number of halogens is 2. The molecule has 1 fully saturated rings. The predicted molar refractivity (Wildman–Crippen MR) is 125 cm³/mol. The first-order chi connectivity index (χ1) is 15.6. The molecule has 1 N–H and O–H groups in total. The van der Waals surface area contributed by atoms with Gasteiger partial charge >= 0.3 is 0 Å². The third kappa shape index (κ3) is 7.12. The molecule has 7 heteroatoms. The van der Waals surface area contributed by atoms with Gasteiger partial charge in [0.1, 0.15) is 11.8 Å². The molecule has 0 bridgehead atoms. The molecule has 3 rings (SSSR count). The number of nitriles is 1. The molecule has 0 spiro atoms. The van der Waals surface area contributed by atoms with E-state index in [4.69, 9.17) is 4.74 Å². The number of anilines is 1. The Morgan fingerprint density at radius 1 is 1.27 bits per heavy atom. The van der Waals surface area contributed by atoms with E-state index < -0.39 is 12.5 Å². The van der Waals surface area contributed by atoms with Crippen molar-refractivity contribution >= 4 is 5.95 Å². The number of rotatable bonds is 9. The van der Waals surface area contributed by atoms with Crippen LogP contribution in [0.2, 0.25) is 0 Å². The first-order valence-corrected chi connectivity index (χ1v) is 11.7. The number of para-hydroxylation sites is 1. The zero-order valence-corrected chi connectivity index (χ0v) is 20.0. The molecule has 33 heavy (non-hydrogen) atoms. The van der Waals surface area contributed by atoms with Crippen LogP contribution in [0.25, 0.3) is 0 Å². The number of aromatic nitrogens is 2. The summed E-state index contributed by atoms with van der Waals surface area (Å²) >= 11 is 0. The lowest BCUT2D eigenvalue weighted by molar-refractivity contribution is -0.0231. The second-order valence-corrected chi connectivity index (χ2v) is 10.1. The van der Waals surface area contributed by atoms with Gasteiger partial charge in [-0.1, -0.05) is 39.0 Å². The molecular weight excluding hydrogens is 422 g/mol. The van der Waals surface area contributed by atoms with Gasteiger partial charge < -0.3 is 10.1 Å². The standard InChI is InChI=1S/C26H34F2N4O/c1-18-9-10-19(14-25(18,2)3)13-22-21(15-29)16-31-24(32-22)30-12-11-20-7-5-6-8-23(20)33-17-26(4,27)28/h5-8,16,18-19H,9-14,17H2,1-4H3,(H,30,31,32)/t18-,19-/m0/s1. The minimum atomic E-state index is -2.89. The molecule has 1 aliphatic rings. The molecule has 0 unspecified atom stereocenters. The van der Waals surface area contributed by atoms with E-state index >= 15 is 0 Å². The molecule has 1 aliphatic carbocycles. The molecule has 0 aliphatic heterocycles. The number of ether oxygens (including phenoxy) is 1. The number of hydrogen-bond donors (Lipinski definition) is 1. The van der Waals surface area contributed by atoms with Crippen LogP contribution in [0, 0.1) is 28.6 Å². The van der Waals surface area contributed by atoms with Gasteiger partial charge in [0.05, 0.1) is 17.5 Å². The van der Waals surface area contributed by atoms with E-state index in [0.717, 1.165) is 37.4 Å². The summed E-state index contributed by atoms with van der Waals surface area (Å²) in [5.41, 5.74) is 2.44. The van der Waals surface area contributed by atoms with Crippen LogP contribution in [-0.4, -0.2) is 29.0 Å². The van der Waals surface area contributed by atoms with Crippen LogP contribution < -0.4 is 10.1 Å². The number of alkyl halides is 2. The molecular formula is C26H34F2N4O. The fourth-order valence-electron chi connectivity index (χ4n) is 4.49. The molecule has 5 nitrogen and oxygen atoms in total. The molecule has 0 saturated heterocycles.